The summed E-state index contributed by atoms with van der Waals surface area (Å²) < 4.78 is 31.7. The maximum atomic E-state index is 13.1. The molecule has 0 radical (unpaired) electrons. The molecule has 0 spiro atoms. The van der Waals surface area contributed by atoms with Crippen molar-refractivity contribution < 1.29 is 27.9 Å². The van der Waals surface area contributed by atoms with E-state index in [1.165, 1.54) is 54.6 Å². The lowest BCUT2D eigenvalue weighted by Gasteiger charge is -2.12. The quantitative estimate of drug-likeness (QED) is 0.340. The number of carbonyl (C=O) groups is 3. The van der Waals surface area contributed by atoms with Gasteiger partial charge in [-0.25, -0.2) is 8.78 Å². The molecule has 1 heterocycles. The molecule has 4 rings (SSSR count). The van der Waals surface area contributed by atoms with E-state index in [9.17, 15) is 23.2 Å². The number of halogens is 4. The molecule has 3 aromatic carbocycles. The van der Waals surface area contributed by atoms with Gasteiger partial charge in [-0.1, -0.05) is 35.3 Å². The van der Waals surface area contributed by atoms with Crippen LogP contribution in [0.25, 0.3) is 6.08 Å². The summed E-state index contributed by atoms with van der Waals surface area (Å²) in [6, 6.07) is 13.9. The minimum atomic E-state index is -0.650. The van der Waals surface area contributed by atoms with E-state index in [-0.39, 0.29) is 33.1 Å². The number of hydrogen-bond acceptors (Lipinski definition) is 5. The zero-order valence-corrected chi connectivity index (χ0v) is 20.6. The van der Waals surface area contributed by atoms with Gasteiger partial charge < -0.3 is 10.1 Å². The molecule has 6 nitrogen and oxygen atoms in total. The van der Waals surface area contributed by atoms with Crippen LogP contribution < -0.4 is 10.1 Å². The zero-order valence-electron chi connectivity index (χ0n) is 18.3. The van der Waals surface area contributed by atoms with Crippen molar-refractivity contribution in [2.75, 3.05) is 11.9 Å². The molecular weight excluding hydrogens is 533 g/mol. The molecule has 3 amide bonds. The van der Waals surface area contributed by atoms with E-state index in [2.05, 4.69) is 5.32 Å². The lowest BCUT2D eigenvalue weighted by molar-refractivity contribution is -0.127. The van der Waals surface area contributed by atoms with E-state index in [1.807, 2.05) is 0 Å². The first-order chi connectivity index (χ1) is 17.2. The maximum absolute atomic E-state index is 13.1. The monoisotopic (exact) mass is 548 g/mol. The summed E-state index contributed by atoms with van der Waals surface area (Å²) in [5.74, 6) is -1.87. The third-order valence-electron chi connectivity index (χ3n) is 4.92. The number of ether oxygens (including phenoxy) is 1. The number of anilines is 1. The molecule has 0 atom stereocenters. The summed E-state index contributed by atoms with van der Waals surface area (Å²) in [5, 5.41) is 2.24. The fourth-order valence-corrected chi connectivity index (χ4v) is 4.65. The van der Waals surface area contributed by atoms with E-state index >= 15 is 0 Å². The highest BCUT2D eigenvalue weighted by Crippen LogP contribution is 2.37. The minimum absolute atomic E-state index is 0.0849. The Morgan fingerprint density at radius 2 is 1.56 bits per heavy atom. The summed E-state index contributed by atoms with van der Waals surface area (Å²) in [5.41, 5.74) is 1.49. The van der Waals surface area contributed by atoms with Crippen molar-refractivity contribution in [1.29, 1.82) is 0 Å². The Bertz CT molecular complexity index is 1340. The Morgan fingerprint density at radius 1 is 0.972 bits per heavy atom. The molecule has 1 aliphatic heterocycles. The number of rotatable bonds is 7. The molecule has 0 unspecified atom stereocenters. The van der Waals surface area contributed by atoms with Crippen molar-refractivity contribution in [3.05, 3.63) is 98.4 Å². The van der Waals surface area contributed by atoms with Crippen LogP contribution in [0.4, 0.5) is 19.3 Å². The number of benzene rings is 3. The number of nitrogens with zero attached hydrogens (tertiary/aromatic N) is 1. The average molecular weight is 549 g/mol. The number of thioether (sulfide) groups is 1. The SMILES string of the molecule is O=C(CN1C(=O)S/C(=C\c2cc(Cl)c(OCc3ccc(F)cc3)c(Cl)c2)C1=O)Nc1ccc(F)cc1. The molecule has 184 valence electrons. The van der Waals surface area contributed by atoms with Crippen LogP contribution in [0.2, 0.25) is 10.0 Å². The van der Waals surface area contributed by atoms with Crippen LogP contribution in [0.3, 0.4) is 0 Å². The Balaban J connectivity index is 1.43. The van der Waals surface area contributed by atoms with Crippen LogP contribution in [0.15, 0.2) is 65.6 Å². The molecule has 1 saturated heterocycles. The van der Waals surface area contributed by atoms with Crippen molar-refractivity contribution >= 4 is 63.8 Å². The van der Waals surface area contributed by atoms with E-state index in [1.54, 1.807) is 12.1 Å². The van der Waals surface area contributed by atoms with E-state index < -0.39 is 29.4 Å². The van der Waals surface area contributed by atoms with Crippen molar-refractivity contribution in [3.8, 4) is 5.75 Å². The molecule has 11 heteroatoms. The molecule has 1 N–H and O–H groups in total. The van der Waals surface area contributed by atoms with Gasteiger partial charge in [0.2, 0.25) is 5.91 Å². The van der Waals surface area contributed by atoms with E-state index in [0.29, 0.717) is 28.6 Å². The average Bonchev–Trinajstić information content (AvgIpc) is 3.08. The number of hydrogen-bond donors (Lipinski definition) is 1. The fraction of sp³-hybridized carbons (Fsp3) is 0.0800. The Hall–Kier alpha value is -3.40. The number of carbonyl (C=O) groups excluding carboxylic acids is 3. The zero-order chi connectivity index (χ0) is 25.8. The second-order valence-corrected chi connectivity index (χ2v) is 9.36. The highest BCUT2D eigenvalue weighted by molar-refractivity contribution is 8.18. The van der Waals surface area contributed by atoms with Gasteiger partial charge in [0, 0.05) is 5.69 Å². The first-order valence-corrected chi connectivity index (χ1v) is 11.9. The predicted molar refractivity (Wildman–Crippen MR) is 135 cm³/mol. The third kappa shape index (κ3) is 6.23. The van der Waals surface area contributed by atoms with Crippen molar-refractivity contribution in [1.82, 2.24) is 4.90 Å². The van der Waals surface area contributed by atoms with Gasteiger partial charge in [-0.3, -0.25) is 19.3 Å². The maximum Gasteiger partial charge on any atom is 0.294 e. The summed E-state index contributed by atoms with van der Waals surface area (Å²) in [7, 11) is 0. The van der Waals surface area contributed by atoms with Gasteiger partial charge in [0.1, 0.15) is 24.8 Å². The molecule has 36 heavy (non-hydrogen) atoms. The second kappa shape index (κ2) is 11.1. The molecule has 0 aromatic heterocycles. The molecule has 3 aromatic rings. The largest absolute Gasteiger partial charge is 0.486 e. The van der Waals surface area contributed by atoms with Crippen molar-refractivity contribution in [2.45, 2.75) is 6.61 Å². The summed E-state index contributed by atoms with van der Waals surface area (Å²) in [6.07, 6.45) is 1.43. The first-order valence-electron chi connectivity index (χ1n) is 10.4. The number of nitrogens with one attached hydrogen (secondary N) is 1. The van der Waals surface area contributed by atoms with Gasteiger partial charge in [-0.2, -0.15) is 0 Å². The molecule has 0 aliphatic carbocycles. The normalized spacial score (nSPS) is 14.4. The van der Waals surface area contributed by atoms with Gasteiger partial charge in [-0.05, 0) is 77.5 Å². The van der Waals surface area contributed by atoms with Crippen molar-refractivity contribution in [3.63, 3.8) is 0 Å². The minimum Gasteiger partial charge on any atom is -0.486 e. The summed E-state index contributed by atoms with van der Waals surface area (Å²) in [6.45, 7) is -0.394. The van der Waals surface area contributed by atoms with Crippen LogP contribution in [-0.2, 0) is 16.2 Å². The van der Waals surface area contributed by atoms with Gasteiger partial charge in [0.15, 0.2) is 5.75 Å². The number of imide groups is 1. The number of amides is 3. The highest BCUT2D eigenvalue weighted by atomic mass is 35.5. The van der Waals surface area contributed by atoms with Crippen LogP contribution in [0, 0.1) is 11.6 Å². The Morgan fingerprint density at radius 3 is 2.17 bits per heavy atom. The lowest BCUT2D eigenvalue weighted by atomic mass is 10.2. The smallest absolute Gasteiger partial charge is 0.294 e. The summed E-state index contributed by atoms with van der Waals surface area (Å²) in [4.78, 5) is 38.2. The van der Waals surface area contributed by atoms with Crippen LogP contribution in [0.5, 0.6) is 5.75 Å². The van der Waals surface area contributed by atoms with Crippen LogP contribution in [-0.4, -0.2) is 28.5 Å². The molecular formula is C25H16Cl2F2N2O4S. The standard InChI is InChI=1S/C25H16Cl2F2N2O4S/c26-19-9-15(10-20(27)23(19)35-13-14-1-3-16(28)4-2-14)11-21-24(33)31(25(34)36-21)12-22(32)30-18-7-5-17(29)6-8-18/h1-11H,12-13H2,(H,30,32)/b21-11-. The first kappa shape index (κ1) is 25.7. The van der Waals surface area contributed by atoms with Gasteiger partial charge in [0.25, 0.3) is 11.1 Å². The Kier molecular flexibility index (Phi) is 7.93. The Labute approximate surface area is 218 Å². The van der Waals surface area contributed by atoms with Crippen LogP contribution in [0.1, 0.15) is 11.1 Å². The molecule has 0 saturated carbocycles. The molecule has 1 fully saturated rings. The van der Waals surface area contributed by atoms with E-state index in [4.69, 9.17) is 27.9 Å². The van der Waals surface area contributed by atoms with Gasteiger partial charge in [-0.15, -0.1) is 0 Å². The lowest BCUT2D eigenvalue weighted by Crippen LogP contribution is -2.36. The fourth-order valence-electron chi connectivity index (χ4n) is 3.20. The predicted octanol–water partition coefficient (Wildman–Crippen LogP) is 6.53. The van der Waals surface area contributed by atoms with E-state index in [0.717, 1.165) is 4.90 Å². The van der Waals surface area contributed by atoms with Crippen LogP contribution >= 0.6 is 35.0 Å². The molecule has 1 aliphatic rings. The highest BCUT2D eigenvalue weighted by Gasteiger charge is 2.36. The van der Waals surface area contributed by atoms with Gasteiger partial charge in [0.05, 0.1) is 15.0 Å². The third-order valence-corrected chi connectivity index (χ3v) is 6.39. The summed E-state index contributed by atoms with van der Waals surface area (Å²) >= 11 is 13.3. The second-order valence-electron chi connectivity index (χ2n) is 7.55. The van der Waals surface area contributed by atoms with Gasteiger partial charge >= 0.3 is 0 Å². The topological polar surface area (TPSA) is 75.7 Å². The van der Waals surface area contributed by atoms with Crippen molar-refractivity contribution in [2.24, 2.45) is 0 Å². The molecule has 0 bridgehead atoms.